The van der Waals surface area contributed by atoms with E-state index in [-0.39, 0.29) is 23.9 Å². The molecule has 56 heavy (non-hydrogen) atoms. The molecule has 4 aromatic heterocycles. The number of aromatic amines is 2. The lowest BCUT2D eigenvalue weighted by atomic mass is 10.0. The highest BCUT2D eigenvalue weighted by molar-refractivity contribution is 7.12. The summed E-state index contributed by atoms with van der Waals surface area (Å²) in [5.41, 5.74) is 5.23. The molecule has 2 amide bonds. The van der Waals surface area contributed by atoms with Crippen LogP contribution in [0.1, 0.15) is 86.2 Å². The van der Waals surface area contributed by atoms with Crippen molar-refractivity contribution in [2.45, 2.75) is 77.2 Å². The van der Waals surface area contributed by atoms with E-state index in [0.717, 1.165) is 70.8 Å². The molecule has 12 nitrogen and oxygen atoms in total. The van der Waals surface area contributed by atoms with E-state index in [2.05, 4.69) is 78.5 Å². The van der Waals surface area contributed by atoms with Crippen LogP contribution in [0.25, 0.3) is 44.7 Å². The maximum Gasteiger partial charge on any atom is 0.407 e. The first-order valence-corrected chi connectivity index (χ1v) is 20.3. The number of aryl methyl sites for hydroxylation is 1. The summed E-state index contributed by atoms with van der Waals surface area (Å²) in [5.74, 6) is 1.24. The second-order valence-electron chi connectivity index (χ2n) is 15.2. The minimum absolute atomic E-state index is 0.149. The molecule has 6 aromatic rings. The summed E-state index contributed by atoms with van der Waals surface area (Å²) < 4.78 is 30.3. The number of imidazole rings is 2. The van der Waals surface area contributed by atoms with E-state index in [1.54, 1.807) is 22.4 Å². The van der Waals surface area contributed by atoms with Gasteiger partial charge in [-0.3, -0.25) is 9.36 Å². The van der Waals surface area contributed by atoms with Crippen molar-refractivity contribution in [3.63, 3.8) is 0 Å². The van der Waals surface area contributed by atoms with Gasteiger partial charge >= 0.3 is 6.09 Å². The molecule has 14 heteroatoms. The van der Waals surface area contributed by atoms with Crippen LogP contribution >= 0.6 is 11.3 Å². The van der Waals surface area contributed by atoms with E-state index in [0.29, 0.717) is 41.4 Å². The number of rotatable bonds is 9. The Labute approximate surface area is 327 Å². The summed E-state index contributed by atoms with van der Waals surface area (Å²) >= 11 is 1.70. The van der Waals surface area contributed by atoms with Crippen molar-refractivity contribution >= 4 is 34.2 Å². The van der Waals surface area contributed by atoms with Gasteiger partial charge in [-0.25, -0.2) is 19.2 Å². The lowest BCUT2D eigenvalue weighted by molar-refractivity contribution is -0.135. The molecular formula is C42H45FN8O4S. The van der Waals surface area contributed by atoms with Crippen molar-refractivity contribution in [2.75, 3.05) is 20.2 Å². The SMILES string of the molecule is CCc1ccc(C2Oc3cc(-c4cnc([C@@H]5CCCN5C(=O)[C@@H](NC(=O)OC)C(C)C)[nH]4)cc(F)c3-c3cc4cc(-c5cnc([C@@H]6CCCN6)[nH]5)ccc4n32)s1. The normalized spacial score (nSPS) is 19.6. The van der Waals surface area contributed by atoms with Gasteiger partial charge in [0, 0.05) is 27.9 Å². The number of aromatic nitrogens is 5. The Morgan fingerprint density at radius 2 is 1.82 bits per heavy atom. The van der Waals surface area contributed by atoms with E-state index in [1.807, 2.05) is 26.1 Å². The van der Waals surface area contributed by atoms with Crippen molar-refractivity contribution in [2.24, 2.45) is 5.92 Å². The molecule has 3 aliphatic rings. The number of ether oxygens (including phenoxy) is 2. The number of nitrogens with one attached hydrogen (secondary N) is 4. The number of benzene rings is 2. The molecule has 3 aliphatic heterocycles. The topological polar surface area (TPSA) is 142 Å². The Balaban J connectivity index is 1.06. The number of carbonyl (C=O) groups excluding carboxylic acids is 2. The van der Waals surface area contributed by atoms with Crippen LogP contribution in [-0.4, -0.2) is 67.6 Å². The number of alkyl carbamates (subject to hydrolysis) is 1. The molecule has 290 valence electrons. The van der Waals surface area contributed by atoms with E-state index < -0.39 is 24.2 Å². The molecule has 4 N–H and O–H groups in total. The molecule has 2 saturated heterocycles. The highest BCUT2D eigenvalue weighted by Crippen LogP contribution is 2.48. The molecule has 0 aliphatic carbocycles. The monoisotopic (exact) mass is 776 g/mol. The predicted molar refractivity (Wildman–Crippen MR) is 213 cm³/mol. The molecule has 1 unspecified atom stereocenters. The van der Waals surface area contributed by atoms with Gasteiger partial charge in [0.25, 0.3) is 0 Å². The third-order valence-electron chi connectivity index (χ3n) is 11.3. The van der Waals surface area contributed by atoms with Crippen LogP contribution in [0.2, 0.25) is 0 Å². The molecule has 2 fully saturated rings. The van der Waals surface area contributed by atoms with Gasteiger partial charge in [0.05, 0.1) is 64.6 Å². The smallest absolute Gasteiger partial charge is 0.407 e. The van der Waals surface area contributed by atoms with Gasteiger partial charge in [0.15, 0.2) is 0 Å². The van der Waals surface area contributed by atoms with Crippen LogP contribution in [0.15, 0.2) is 60.9 Å². The Bertz CT molecular complexity index is 2440. The molecule has 0 spiro atoms. The molecule has 0 saturated carbocycles. The molecule has 4 atom stereocenters. The van der Waals surface area contributed by atoms with Gasteiger partial charge in [0.2, 0.25) is 12.1 Å². The van der Waals surface area contributed by atoms with Gasteiger partial charge in [-0.2, -0.15) is 0 Å². The first-order chi connectivity index (χ1) is 27.2. The number of methoxy groups -OCH3 is 1. The van der Waals surface area contributed by atoms with Crippen LogP contribution in [0.5, 0.6) is 5.75 Å². The van der Waals surface area contributed by atoms with Gasteiger partial charge in [0.1, 0.15) is 29.3 Å². The first-order valence-electron chi connectivity index (χ1n) is 19.4. The van der Waals surface area contributed by atoms with Crippen molar-refractivity contribution in [1.29, 1.82) is 0 Å². The second-order valence-corrected chi connectivity index (χ2v) is 16.4. The van der Waals surface area contributed by atoms with E-state index in [4.69, 9.17) is 9.47 Å². The minimum atomic E-state index is -0.742. The van der Waals surface area contributed by atoms with E-state index in [9.17, 15) is 9.59 Å². The minimum Gasteiger partial charge on any atom is -0.464 e. The Hall–Kier alpha value is -5.47. The molecule has 0 bridgehead atoms. The Morgan fingerprint density at radius 3 is 2.57 bits per heavy atom. The summed E-state index contributed by atoms with van der Waals surface area (Å²) in [4.78, 5) is 46.1. The molecular weight excluding hydrogens is 732 g/mol. The lowest BCUT2D eigenvalue weighted by Gasteiger charge is -2.30. The number of halogens is 1. The van der Waals surface area contributed by atoms with Crippen molar-refractivity contribution in [3.05, 3.63) is 88.1 Å². The van der Waals surface area contributed by atoms with Crippen molar-refractivity contribution in [3.8, 4) is 39.5 Å². The summed E-state index contributed by atoms with van der Waals surface area (Å²) in [6.07, 6.45) is 7.01. The number of carbonyl (C=O) groups is 2. The number of H-pyrrole nitrogens is 2. The zero-order chi connectivity index (χ0) is 38.7. The maximum atomic E-state index is 16.6. The largest absolute Gasteiger partial charge is 0.464 e. The van der Waals surface area contributed by atoms with E-state index in [1.165, 1.54) is 18.1 Å². The third-order valence-corrected chi connectivity index (χ3v) is 12.6. The van der Waals surface area contributed by atoms with Crippen LogP contribution in [0.3, 0.4) is 0 Å². The molecule has 9 rings (SSSR count). The number of likely N-dealkylation sites (tertiary alicyclic amines) is 1. The van der Waals surface area contributed by atoms with E-state index >= 15 is 4.39 Å². The van der Waals surface area contributed by atoms with Gasteiger partial charge in [-0.15, -0.1) is 11.3 Å². The summed E-state index contributed by atoms with van der Waals surface area (Å²) in [5, 5.41) is 7.17. The molecule has 7 heterocycles. The number of amides is 2. The fourth-order valence-corrected chi connectivity index (χ4v) is 9.40. The average Bonchev–Trinajstić information content (AvgIpc) is 4.06. The van der Waals surface area contributed by atoms with Crippen molar-refractivity contribution < 1.29 is 23.5 Å². The number of fused-ring (bicyclic) bond motifs is 5. The number of thiophene rings is 1. The van der Waals surface area contributed by atoms with Crippen LogP contribution in [0.4, 0.5) is 9.18 Å². The highest BCUT2D eigenvalue weighted by Gasteiger charge is 2.38. The Kier molecular flexibility index (Phi) is 9.40. The fourth-order valence-electron chi connectivity index (χ4n) is 8.43. The summed E-state index contributed by atoms with van der Waals surface area (Å²) in [6, 6.07) is 15.2. The van der Waals surface area contributed by atoms with Crippen molar-refractivity contribution in [1.82, 2.24) is 40.0 Å². The quantitative estimate of drug-likeness (QED) is 0.116. The fraction of sp³-hybridized carbons (Fsp3) is 0.381. The zero-order valence-corrected chi connectivity index (χ0v) is 32.6. The second kappa shape index (κ2) is 14.6. The summed E-state index contributed by atoms with van der Waals surface area (Å²) in [7, 11) is 1.28. The lowest BCUT2D eigenvalue weighted by Crippen LogP contribution is -2.51. The predicted octanol–water partition coefficient (Wildman–Crippen LogP) is 8.26. The molecule has 0 radical (unpaired) electrons. The number of hydrogen-bond acceptors (Lipinski definition) is 8. The van der Waals surface area contributed by atoms with Gasteiger partial charge in [-0.1, -0.05) is 26.8 Å². The van der Waals surface area contributed by atoms with Crippen LogP contribution in [0, 0.1) is 11.7 Å². The highest BCUT2D eigenvalue weighted by atomic mass is 32.1. The number of nitrogens with zero attached hydrogens (tertiary/aromatic N) is 4. The molecule has 2 aromatic carbocycles. The summed E-state index contributed by atoms with van der Waals surface area (Å²) in [6.45, 7) is 7.44. The average molecular weight is 777 g/mol. The van der Waals surface area contributed by atoms with Gasteiger partial charge < -0.3 is 35.0 Å². The van der Waals surface area contributed by atoms with Crippen LogP contribution < -0.4 is 15.4 Å². The number of hydrogen-bond donors (Lipinski definition) is 4. The Morgan fingerprint density at radius 1 is 1.02 bits per heavy atom. The van der Waals surface area contributed by atoms with Crippen LogP contribution in [-0.2, 0) is 16.0 Å². The first kappa shape index (κ1) is 36.2. The standard InChI is InChI=1S/C42H45FN8O4S/c1-5-26-11-13-35(56-26)41-51-31-12-10-23(29-20-45-38(47-29)28-8-6-14-44-28)16-25(31)18-33(51)36-27(43)17-24(19-34(36)55-41)30-21-46-39(48-30)32-9-7-15-50(32)40(52)37(22(2)3)49-42(53)54-4/h10-13,16-22,28,32,37,41,44H,5-9,14-15H2,1-4H3,(H,45,47)(H,46,48)(H,49,53)/t28-,32-,37-,41?/m0/s1. The maximum absolute atomic E-state index is 16.6. The zero-order valence-electron chi connectivity index (χ0n) is 31.8. The third kappa shape index (κ3) is 6.34. The van der Waals surface area contributed by atoms with Gasteiger partial charge in [-0.05, 0) is 87.0 Å².